The zero-order valence-electron chi connectivity index (χ0n) is 16.6. The number of hydrogen-bond acceptors (Lipinski definition) is 5. The molecule has 0 unspecified atom stereocenters. The van der Waals surface area contributed by atoms with E-state index in [0.29, 0.717) is 6.54 Å². The van der Waals surface area contributed by atoms with Gasteiger partial charge in [-0.1, -0.05) is 43.7 Å². The number of thiazole rings is 1. The zero-order chi connectivity index (χ0) is 19.7. The van der Waals surface area contributed by atoms with E-state index in [1.165, 1.54) is 5.56 Å². The normalized spacial score (nSPS) is 24.5. The lowest BCUT2D eigenvalue weighted by atomic mass is 9.75. The van der Waals surface area contributed by atoms with Gasteiger partial charge in [0.15, 0.2) is 5.13 Å². The molecule has 5 nitrogen and oxygen atoms in total. The molecule has 1 saturated heterocycles. The number of carbonyl (C=O) groups is 1. The maximum atomic E-state index is 12.7. The molecule has 0 bridgehead atoms. The van der Waals surface area contributed by atoms with E-state index in [9.17, 15) is 9.90 Å². The summed E-state index contributed by atoms with van der Waals surface area (Å²) in [5, 5.41) is 13.2. The van der Waals surface area contributed by atoms with Crippen LogP contribution in [0.3, 0.4) is 0 Å². The molecular formula is C22H29N3O2S. The fourth-order valence-electron chi connectivity index (χ4n) is 4.47. The Hall–Kier alpha value is -1.92. The minimum absolute atomic E-state index is 0.00420. The number of likely N-dealkylation sites (N-methyl/N-ethyl adjacent to an activating group) is 1. The van der Waals surface area contributed by atoms with Gasteiger partial charge in [0.05, 0.1) is 24.4 Å². The van der Waals surface area contributed by atoms with Crippen molar-refractivity contribution in [2.45, 2.75) is 50.6 Å². The number of aliphatic hydroxyl groups is 1. The molecule has 150 valence electrons. The van der Waals surface area contributed by atoms with Gasteiger partial charge in [0, 0.05) is 30.8 Å². The van der Waals surface area contributed by atoms with Crippen molar-refractivity contribution in [1.29, 1.82) is 0 Å². The highest BCUT2D eigenvalue weighted by atomic mass is 32.1. The van der Waals surface area contributed by atoms with Gasteiger partial charge in [-0.2, -0.15) is 0 Å². The van der Waals surface area contributed by atoms with Crippen LogP contribution < -0.4 is 4.90 Å². The van der Waals surface area contributed by atoms with Gasteiger partial charge in [-0.3, -0.25) is 4.79 Å². The summed E-state index contributed by atoms with van der Waals surface area (Å²) in [5.41, 5.74) is 2.30. The minimum Gasteiger partial charge on any atom is -0.394 e. The summed E-state index contributed by atoms with van der Waals surface area (Å²) in [4.78, 5) is 21.6. The Morgan fingerprint density at radius 2 is 2.04 bits per heavy atom. The number of carbonyl (C=O) groups excluding carboxylic acids is 1. The summed E-state index contributed by atoms with van der Waals surface area (Å²) < 4.78 is 0. The average Bonchev–Trinajstić information content (AvgIpc) is 3.12. The monoisotopic (exact) mass is 399 g/mol. The van der Waals surface area contributed by atoms with E-state index in [4.69, 9.17) is 4.98 Å². The number of anilines is 1. The maximum Gasteiger partial charge on any atom is 0.225 e. The van der Waals surface area contributed by atoms with Crippen molar-refractivity contribution in [2.75, 3.05) is 25.1 Å². The van der Waals surface area contributed by atoms with E-state index < -0.39 is 0 Å². The highest BCUT2D eigenvalue weighted by Gasteiger charge is 2.50. The molecule has 2 heterocycles. The van der Waals surface area contributed by atoms with Crippen LogP contribution in [0.1, 0.15) is 43.4 Å². The van der Waals surface area contributed by atoms with Crippen LogP contribution in [0.15, 0.2) is 35.7 Å². The number of aromatic nitrogens is 1. The molecule has 1 amide bonds. The fourth-order valence-corrected chi connectivity index (χ4v) is 5.49. The lowest BCUT2D eigenvalue weighted by Gasteiger charge is -2.56. The van der Waals surface area contributed by atoms with Crippen LogP contribution in [0.4, 0.5) is 5.13 Å². The Morgan fingerprint density at radius 3 is 2.61 bits per heavy atom. The van der Waals surface area contributed by atoms with Gasteiger partial charge in [0.1, 0.15) is 0 Å². The van der Waals surface area contributed by atoms with Gasteiger partial charge in [-0.25, -0.2) is 4.98 Å². The van der Waals surface area contributed by atoms with Crippen LogP contribution in [0, 0.1) is 5.92 Å². The van der Waals surface area contributed by atoms with Gasteiger partial charge in [-0.05, 0) is 24.8 Å². The quantitative estimate of drug-likeness (QED) is 0.776. The van der Waals surface area contributed by atoms with Crippen LogP contribution >= 0.6 is 11.3 Å². The predicted molar refractivity (Wildman–Crippen MR) is 113 cm³/mol. The third kappa shape index (κ3) is 3.44. The highest BCUT2D eigenvalue weighted by Crippen LogP contribution is 2.45. The second-order valence-corrected chi connectivity index (χ2v) is 8.82. The van der Waals surface area contributed by atoms with Crippen LogP contribution in [0.5, 0.6) is 0 Å². The van der Waals surface area contributed by atoms with Gasteiger partial charge in [-0.15, -0.1) is 11.3 Å². The summed E-state index contributed by atoms with van der Waals surface area (Å²) in [6.07, 6.45) is 4.11. The fraction of sp³-hybridized carbons (Fsp3) is 0.545. The third-order valence-corrected chi connectivity index (χ3v) is 7.23. The first-order valence-corrected chi connectivity index (χ1v) is 11.2. The molecule has 4 rings (SSSR count). The number of benzene rings is 1. The van der Waals surface area contributed by atoms with Crippen molar-refractivity contribution in [3.63, 3.8) is 0 Å². The van der Waals surface area contributed by atoms with E-state index >= 15 is 0 Å². The van der Waals surface area contributed by atoms with E-state index in [2.05, 4.69) is 29.3 Å². The number of aliphatic hydroxyl groups excluding tert-OH is 1. The first-order valence-electron chi connectivity index (χ1n) is 10.3. The summed E-state index contributed by atoms with van der Waals surface area (Å²) >= 11 is 1.64. The molecule has 1 aromatic heterocycles. The van der Waals surface area contributed by atoms with Crippen LogP contribution in [-0.2, 0) is 11.2 Å². The third-order valence-electron chi connectivity index (χ3n) is 6.33. The van der Waals surface area contributed by atoms with Gasteiger partial charge < -0.3 is 14.9 Å². The number of hydrogen-bond donors (Lipinski definition) is 1. The molecule has 2 aromatic rings. The first kappa shape index (κ1) is 19.4. The van der Waals surface area contributed by atoms with Gasteiger partial charge >= 0.3 is 0 Å². The lowest BCUT2D eigenvalue weighted by molar-refractivity contribution is -0.137. The molecule has 1 aliphatic heterocycles. The van der Waals surface area contributed by atoms with E-state index in [0.717, 1.165) is 36.5 Å². The second kappa shape index (κ2) is 8.21. The van der Waals surface area contributed by atoms with Crippen molar-refractivity contribution in [1.82, 2.24) is 9.88 Å². The molecule has 28 heavy (non-hydrogen) atoms. The SMILES string of the molecule is CCc1csc(N2[C@H](CO)[C@H](c3ccccc3)[C@H]2CN(C)C(=O)C2CCC2)n1. The molecule has 2 aliphatic rings. The van der Waals surface area contributed by atoms with Crippen LogP contribution in [-0.4, -0.2) is 53.2 Å². The van der Waals surface area contributed by atoms with E-state index in [1.807, 2.05) is 30.1 Å². The summed E-state index contributed by atoms with van der Waals surface area (Å²) in [6.45, 7) is 2.84. The number of amides is 1. The van der Waals surface area contributed by atoms with Crippen LogP contribution in [0.25, 0.3) is 0 Å². The molecule has 2 fully saturated rings. The summed E-state index contributed by atoms with van der Waals surface area (Å²) in [6, 6.07) is 10.5. The van der Waals surface area contributed by atoms with Gasteiger partial charge in [0.2, 0.25) is 5.91 Å². The molecular weight excluding hydrogens is 370 g/mol. The van der Waals surface area contributed by atoms with Crippen molar-refractivity contribution >= 4 is 22.4 Å². The molecule has 0 radical (unpaired) electrons. The maximum absolute atomic E-state index is 12.7. The topological polar surface area (TPSA) is 56.7 Å². The van der Waals surface area contributed by atoms with Gasteiger partial charge in [0.25, 0.3) is 0 Å². The number of nitrogens with zero attached hydrogens (tertiary/aromatic N) is 3. The first-order chi connectivity index (χ1) is 13.6. The standard InChI is InChI=1S/C22H29N3O2S/c1-3-17-14-28-22(23-17)25-18(12-24(2)21(27)16-10-7-11-16)20(19(25)13-26)15-8-5-4-6-9-15/h4-6,8-9,14,16,18-20,26H,3,7,10-13H2,1-2H3/t18-,19-,20-/m1/s1. The van der Waals surface area contributed by atoms with Crippen molar-refractivity contribution in [3.05, 3.63) is 47.0 Å². The smallest absolute Gasteiger partial charge is 0.225 e. The van der Waals surface area contributed by atoms with E-state index in [1.54, 1.807) is 11.3 Å². The molecule has 0 spiro atoms. The lowest BCUT2D eigenvalue weighted by Crippen LogP contribution is -2.67. The molecule has 1 aromatic carbocycles. The average molecular weight is 400 g/mol. The molecule has 3 atom stereocenters. The largest absolute Gasteiger partial charge is 0.394 e. The molecule has 6 heteroatoms. The van der Waals surface area contributed by atoms with Crippen LogP contribution in [0.2, 0.25) is 0 Å². The predicted octanol–water partition coefficient (Wildman–Crippen LogP) is 3.30. The Morgan fingerprint density at radius 1 is 1.29 bits per heavy atom. The number of aryl methyl sites for hydroxylation is 1. The Bertz CT molecular complexity index is 805. The molecule has 1 N–H and O–H groups in total. The molecule has 1 saturated carbocycles. The summed E-state index contributed by atoms with van der Waals surface area (Å²) in [7, 11) is 1.92. The van der Waals surface area contributed by atoms with E-state index in [-0.39, 0.29) is 36.4 Å². The Labute approximate surface area is 171 Å². The second-order valence-electron chi connectivity index (χ2n) is 7.98. The van der Waals surface area contributed by atoms with Crippen molar-refractivity contribution < 1.29 is 9.90 Å². The molecule has 1 aliphatic carbocycles. The van der Waals surface area contributed by atoms with Crippen molar-refractivity contribution in [3.8, 4) is 0 Å². The highest BCUT2D eigenvalue weighted by molar-refractivity contribution is 7.13. The Balaban J connectivity index is 1.60. The minimum atomic E-state index is -0.00420. The summed E-state index contributed by atoms with van der Waals surface area (Å²) in [5.74, 6) is 0.657. The number of rotatable bonds is 7. The zero-order valence-corrected chi connectivity index (χ0v) is 17.4. The van der Waals surface area contributed by atoms with Crippen molar-refractivity contribution in [2.24, 2.45) is 5.92 Å². The Kier molecular flexibility index (Phi) is 5.69.